The second-order valence-electron chi connectivity index (χ2n) is 12.8. The monoisotopic (exact) mass is 830 g/mol. The molecule has 5 unspecified atom stereocenters. The zero-order chi connectivity index (χ0) is 39.9. The van der Waals surface area contributed by atoms with Crippen LogP contribution in [0.1, 0.15) is 198 Å². The summed E-state index contributed by atoms with van der Waals surface area (Å²) in [6.45, 7) is 19.7. The van der Waals surface area contributed by atoms with Gasteiger partial charge in [0.2, 0.25) is 0 Å². The minimum atomic E-state index is -0.893. The summed E-state index contributed by atoms with van der Waals surface area (Å²) in [5.41, 5.74) is 0. The maximum Gasteiger partial charge on any atom is 3.00 e. The van der Waals surface area contributed by atoms with E-state index in [0.29, 0.717) is 32.1 Å². The van der Waals surface area contributed by atoms with Gasteiger partial charge < -0.3 is 49.5 Å². The SMILES string of the molecule is CCCCC(CC)C(=O)[O-].CCCCC(CC)C(=O)[O-].CCCCC(CC)C(=O)[O-].CCCCC(CC)C(=O)[O-].CCCCC(CC)C(=O)[O-].[Co+2].[Fe+3]. The van der Waals surface area contributed by atoms with Gasteiger partial charge >= 0.3 is 33.8 Å². The van der Waals surface area contributed by atoms with Crippen molar-refractivity contribution in [3.63, 3.8) is 0 Å². The molecule has 0 heterocycles. The van der Waals surface area contributed by atoms with Crippen molar-refractivity contribution >= 4 is 29.8 Å². The first-order chi connectivity index (χ1) is 23.6. The normalized spacial score (nSPS) is 12.5. The largest absolute Gasteiger partial charge is 3.00 e. The smallest absolute Gasteiger partial charge is 0.550 e. The third-order valence-corrected chi connectivity index (χ3v) is 8.66. The van der Waals surface area contributed by atoms with Crippen molar-refractivity contribution in [2.75, 3.05) is 0 Å². The predicted octanol–water partition coefficient (Wildman–Crippen LogP) is 4.76. The standard InChI is InChI=1S/5C8H16O2.Co.Fe/c5*1-3-5-6-7(4-2)8(9)10;;/h5*7H,3-6H2,1-2H3,(H,9,10);;/q;;;;;+2;+3/p-5. The van der Waals surface area contributed by atoms with Gasteiger partial charge in [-0.15, -0.1) is 0 Å². The van der Waals surface area contributed by atoms with E-state index >= 15 is 0 Å². The van der Waals surface area contributed by atoms with Crippen molar-refractivity contribution in [1.82, 2.24) is 0 Å². The Kier molecular flexibility index (Phi) is 62.0. The van der Waals surface area contributed by atoms with Gasteiger partial charge in [0.05, 0.1) is 0 Å². The van der Waals surface area contributed by atoms with Crippen molar-refractivity contribution in [3.05, 3.63) is 0 Å². The zero-order valence-corrected chi connectivity index (χ0v) is 36.4. The summed E-state index contributed by atoms with van der Waals surface area (Å²) < 4.78 is 0. The number of carbonyl (C=O) groups excluding carboxylic acids is 5. The first-order valence-electron chi connectivity index (χ1n) is 19.6. The maximum absolute atomic E-state index is 10.3. The average molecular weight is 831 g/mol. The summed E-state index contributed by atoms with van der Waals surface area (Å²) in [5, 5.41) is 51.6. The maximum atomic E-state index is 10.3. The fourth-order valence-corrected chi connectivity index (χ4v) is 4.70. The van der Waals surface area contributed by atoms with E-state index < -0.39 is 29.8 Å². The number of carbonyl (C=O) groups is 5. The summed E-state index contributed by atoms with van der Waals surface area (Å²) >= 11 is 0. The van der Waals surface area contributed by atoms with Crippen molar-refractivity contribution < 1.29 is 83.4 Å². The van der Waals surface area contributed by atoms with Crippen LogP contribution in [0.2, 0.25) is 0 Å². The average Bonchev–Trinajstić information content (AvgIpc) is 3.07. The van der Waals surface area contributed by atoms with Crippen molar-refractivity contribution in [3.8, 4) is 0 Å². The van der Waals surface area contributed by atoms with E-state index in [1.807, 2.05) is 34.6 Å². The summed E-state index contributed by atoms with van der Waals surface area (Å²) in [5.74, 6) is -5.57. The summed E-state index contributed by atoms with van der Waals surface area (Å²) in [7, 11) is 0. The molecule has 0 aromatic heterocycles. The van der Waals surface area contributed by atoms with E-state index in [4.69, 9.17) is 0 Å². The van der Waals surface area contributed by atoms with Crippen LogP contribution in [0.3, 0.4) is 0 Å². The van der Waals surface area contributed by atoms with Crippen LogP contribution in [0.15, 0.2) is 0 Å². The van der Waals surface area contributed by atoms with Crippen LogP contribution in [0, 0.1) is 29.6 Å². The molecule has 0 aliphatic heterocycles. The van der Waals surface area contributed by atoms with Crippen LogP contribution >= 0.6 is 0 Å². The number of carboxylic acids is 5. The third kappa shape index (κ3) is 46.4. The summed E-state index contributed by atoms with van der Waals surface area (Å²) in [4.78, 5) is 51.6. The Balaban J connectivity index is -0.0000000964. The van der Waals surface area contributed by atoms with Crippen LogP contribution in [0.25, 0.3) is 0 Å². The predicted molar refractivity (Wildman–Crippen MR) is 192 cm³/mol. The molecule has 0 spiro atoms. The molecule has 10 nitrogen and oxygen atoms in total. The number of unbranched alkanes of at least 4 members (excludes halogenated alkanes) is 5. The Morgan fingerprint density at radius 1 is 0.327 bits per heavy atom. The third-order valence-electron chi connectivity index (χ3n) is 8.66. The first kappa shape index (κ1) is 65.3. The molecule has 312 valence electrons. The summed E-state index contributed by atoms with van der Waals surface area (Å²) in [6, 6.07) is 0. The van der Waals surface area contributed by atoms with Gasteiger partial charge in [0.25, 0.3) is 0 Å². The van der Waals surface area contributed by atoms with Gasteiger partial charge in [0, 0.05) is 29.8 Å². The molecular weight excluding hydrogens is 755 g/mol. The summed E-state index contributed by atoms with van der Waals surface area (Å²) in [6.07, 6.45) is 17.6. The Labute approximate surface area is 339 Å². The minimum Gasteiger partial charge on any atom is -0.550 e. The van der Waals surface area contributed by atoms with Gasteiger partial charge in [-0.3, -0.25) is 0 Å². The molecule has 0 aliphatic rings. The topological polar surface area (TPSA) is 201 Å². The minimum absolute atomic E-state index is 0. The van der Waals surface area contributed by atoms with Crippen LogP contribution < -0.4 is 25.5 Å². The quantitative estimate of drug-likeness (QED) is 0.116. The molecule has 0 fully saturated rings. The van der Waals surface area contributed by atoms with E-state index in [-0.39, 0.29) is 63.4 Å². The molecule has 0 rings (SSSR count). The number of carboxylic acid groups (broad SMARTS) is 5. The molecule has 0 saturated carbocycles. The van der Waals surface area contributed by atoms with E-state index in [1.54, 1.807) is 0 Å². The Bertz CT molecular complexity index is 662. The molecule has 0 aromatic rings. The van der Waals surface area contributed by atoms with Crippen LogP contribution in [-0.4, -0.2) is 29.8 Å². The molecule has 2 radical (unpaired) electrons. The van der Waals surface area contributed by atoms with Crippen LogP contribution in [-0.2, 0) is 57.8 Å². The second kappa shape index (κ2) is 49.4. The van der Waals surface area contributed by atoms with Crippen molar-refractivity contribution in [2.24, 2.45) is 29.6 Å². The zero-order valence-electron chi connectivity index (χ0n) is 34.3. The van der Waals surface area contributed by atoms with Gasteiger partial charge in [-0.25, -0.2) is 0 Å². The Morgan fingerprint density at radius 2 is 0.442 bits per heavy atom. The first-order valence-corrected chi connectivity index (χ1v) is 19.6. The van der Waals surface area contributed by atoms with E-state index in [0.717, 1.165) is 96.3 Å². The van der Waals surface area contributed by atoms with Crippen molar-refractivity contribution in [1.29, 1.82) is 0 Å². The molecule has 0 N–H and O–H groups in total. The number of rotatable bonds is 25. The molecule has 0 amide bonds. The van der Waals surface area contributed by atoms with Gasteiger partial charge in [-0.2, -0.15) is 0 Å². The van der Waals surface area contributed by atoms with E-state index in [1.165, 1.54) is 0 Å². The molecule has 0 aromatic carbocycles. The van der Waals surface area contributed by atoms with Gasteiger partial charge in [-0.05, 0) is 93.8 Å². The molecule has 5 atom stereocenters. The Morgan fingerprint density at radius 3 is 0.500 bits per heavy atom. The molecule has 12 heteroatoms. The fraction of sp³-hybridized carbons (Fsp3) is 0.875. The van der Waals surface area contributed by atoms with E-state index in [9.17, 15) is 49.5 Å². The molecule has 0 saturated heterocycles. The van der Waals surface area contributed by atoms with Crippen LogP contribution in [0.5, 0.6) is 0 Å². The Hall–Kier alpha value is -1.62. The van der Waals surface area contributed by atoms with Crippen LogP contribution in [0.4, 0.5) is 0 Å². The number of aliphatic carboxylic acids is 5. The van der Waals surface area contributed by atoms with Gasteiger partial charge in [0.15, 0.2) is 0 Å². The molecule has 52 heavy (non-hydrogen) atoms. The van der Waals surface area contributed by atoms with Gasteiger partial charge in [-0.1, -0.05) is 133 Å². The fourth-order valence-electron chi connectivity index (χ4n) is 4.70. The second-order valence-corrected chi connectivity index (χ2v) is 12.8. The number of hydrogen-bond donors (Lipinski definition) is 0. The molecule has 0 bridgehead atoms. The number of hydrogen-bond acceptors (Lipinski definition) is 10. The molecule has 0 aliphatic carbocycles. The van der Waals surface area contributed by atoms with E-state index in [2.05, 4.69) is 34.6 Å². The molecular formula is C40H75CoFeO10. The van der Waals surface area contributed by atoms with Gasteiger partial charge in [0.1, 0.15) is 0 Å². The van der Waals surface area contributed by atoms with Crippen molar-refractivity contribution in [2.45, 2.75) is 198 Å².